The zero-order valence-electron chi connectivity index (χ0n) is 19.2. The van der Waals surface area contributed by atoms with Crippen LogP contribution in [0.1, 0.15) is 34.6 Å². The Morgan fingerprint density at radius 3 is 2.43 bits per heavy atom. The van der Waals surface area contributed by atoms with E-state index < -0.39 is 23.5 Å². The quantitative estimate of drug-likeness (QED) is 0.413. The highest BCUT2D eigenvalue weighted by Gasteiger charge is 2.35. The molecule has 1 aliphatic rings. The number of methoxy groups -OCH3 is 1. The van der Waals surface area contributed by atoms with Crippen LogP contribution in [0.25, 0.3) is 16.9 Å². The normalized spacial score (nSPS) is 15.3. The molecule has 180 valence electrons. The summed E-state index contributed by atoms with van der Waals surface area (Å²) in [6.07, 6.45) is 3.43. The first kappa shape index (κ1) is 22.6. The van der Waals surface area contributed by atoms with Crippen LogP contribution in [-0.2, 0) is 13.5 Å². The number of aromatic nitrogens is 5. The third kappa shape index (κ3) is 3.72. The summed E-state index contributed by atoms with van der Waals surface area (Å²) in [6.45, 7) is 2.17. The number of carbonyl (C=O) groups is 1. The number of ether oxygens (including phenoxy) is 1. The van der Waals surface area contributed by atoms with E-state index in [-0.39, 0.29) is 11.5 Å². The first-order valence-corrected chi connectivity index (χ1v) is 10.9. The van der Waals surface area contributed by atoms with Gasteiger partial charge in [0.15, 0.2) is 17.5 Å². The summed E-state index contributed by atoms with van der Waals surface area (Å²) in [5, 5.41) is 12.8. The molecule has 11 heteroatoms. The molecule has 1 amide bonds. The lowest BCUT2D eigenvalue weighted by Crippen LogP contribution is -2.39. The highest BCUT2D eigenvalue weighted by atomic mass is 19.2. The topological polar surface area (TPSA) is 78.1 Å². The molecule has 2 aromatic heterocycles. The molecule has 0 saturated heterocycles. The second kappa shape index (κ2) is 8.57. The lowest BCUT2D eigenvalue weighted by Gasteiger charge is -2.33. The van der Waals surface area contributed by atoms with Crippen molar-refractivity contribution in [2.24, 2.45) is 7.05 Å². The van der Waals surface area contributed by atoms with Crippen LogP contribution in [0.2, 0.25) is 0 Å². The van der Waals surface area contributed by atoms with Gasteiger partial charge in [-0.15, -0.1) is 0 Å². The Labute approximate surface area is 198 Å². The van der Waals surface area contributed by atoms with Gasteiger partial charge in [0.05, 0.1) is 48.2 Å². The van der Waals surface area contributed by atoms with Crippen molar-refractivity contribution in [1.29, 1.82) is 0 Å². The van der Waals surface area contributed by atoms with Gasteiger partial charge in [-0.3, -0.25) is 9.48 Å². The SMILES string of the molecule is COc1ccc(-n2nccn2)c(C(=O)N2CCc3c(nn(C)c3-c3cc(F)c(F)c(F)c3)[C@@H]2C)c1. The number of benzene rings is 2. The molecule has 2 aromatic carbocycles. The molecule has 4 aromatic rings. The van der Waals surface area contributed by atoms with Crippen LogP contribution >= 0.6 is 0 Å². The lowest BCUT2D eigenvalue weighted by atomic mass is 9.94. The van der Waals surface area contributed by atoms with Crippen LogP contribution in [0.3, 0.4) is 0 Å². The second-order valence-corrected chi connectivity index (χ2v) is 8.22. The van der Waals surface area contributed by atoms with E-state index in [0.29, 0.717) is 41.4 Å². The molecule has 1 atom stereocenters. The number of nitrogens with zero attached hydrogens (tertiary/aromatic N) is 6. The van der Waals surface area contributed by atoms with Gasteiger partial charge in [-0.25, -0.2) is 13.2 Å². The van der Waals surface area contributed by atoms with Crippen molar-refractivity contribution >= 4 is 5.91 Å². The third-order valence-corrected chi connectivity index (χ3v) is 6.23. The number of rotatable bonds is 4. The summed E-state index contributed by atoms with van der Waals surface area (Å²) in [5.41, 5.74) is 2.89. The molecule has 0 aliphatic carbocycles. The minimum absolute atomic E-state index is 0.185. The number of amides is 1. The van der Waals surface area contributed by atoms with Crippen LogP contribution in [0.4, 0.5) is 13.2 Å². The van der Waals surface area contributed by atoms with Crippen molar-refractivity contribution in [1.82, 2.24) is 29.7 Å². The summed E-state index contributed by atoms with van der Waals surface area (Å²) < 4.78 is 48.2. The molecule has 0 fully saturated rings. The maximum absolute atomic E-state index is 13.9. The summed E-state index contributed by atoms with van der Waals surface area (Å²) in [5.74, 6) is -3.81. The first-order chi connectivity index (χ1) is 16.8. The van der Waals surface area contributed by atoms with E-state index in [0.717, 1.165) is 17.7 Å². The lowest BCUT2D eigenvalue weighted by molar-refractivity contribution is 0.0673. The Morgan fingerprint density at radius 1 is 1.09 bits per heavy atom. The highest BCUT2D eigenvalue weighted by molar-refractivity contribution is 5.98. The maximum Gasteiger partial charge on any atom is 0.256 e. The predicted octanol–water partition coefficient (Wildman–Crippen LogP) is 3.85. The molecular formula is C24H21F3N6O2. The van der Waals surface area contributed by atoms with Crippen LogP contribution in [0, 0.1) is 17.5 Å². The van der Waals surface area contributed by atoms with Gasteiger partial charge in [-0.2, -0.15) is 20.1 Å². The van der Waals surface area contributed by atoms with E-state index in [4.69, 9.17) is 4.74 Å². The fourth-order valence-electron chi connectivity index (χ4n) is 4.56. The largest absolute Gasteiger partial charge is 0.497 e. The van der Waals surface area contributed by atoms with Gasteiger partial charge in [-0.05, 0) is 43.7 Å². The van der Waals surface area contributed by atoms with Crippen molar-refractivity contribution in [3.63, 3.8) is 0 Å². The number of hydrogen-bond donors (Lipinski definition) is 0. The minimum atomic E-state index is -1.52. The zero-order valence-corrected chi connectivity index (χ0v) is 19.2. The van der Waals surface area contributed by atoms with Crippen molar-refractivity contribution in [3.8, 4) is 22.7 Å². The molecule has 0 spiro atoms. The van der Waals surface area contributed by atoms with Crippen molar-refractivity contribution in [2.45, 2.75) is 19.4 Å². The Morgan fingerprint density at radius 2 is 1.77 bits per heavy atom. The average molecular weight is 482 g/mol. The van der Waals surface area contributed by atoms with Gasteiger partial charge in [-0.1, -0.05) is 0 Å². The minimum Gasteiger partial charge on any atom is -0.497 e. The predicted molar refractivity (Wildman–Crippen MR) is 120 cm³/mol. The number of carbonyl (C=O) groups excluding carboxylic acids is 1. The van der Waals surface area contributed by atoms with Crippen LogP contribution in [0.15, 0.2) is 42.7 Å². The zero-order chi connectivity index (χ0) is 24.9. The number of hydrogen-bond acceptors (Lipinski definition) is 5. The highest BCUT2D eigenvalue weighted by Crippen LogP contribution is 2.37. The molecule has 1 aliphatic heterocycles. The first-order valence-electron chi connectivity index (χ1n) is 10.9. The molecule has 35 heavy (non-hydrogen) atoms. The van der Waals surface area contributed by atoms with E-state index in [1.165, 1.54) is 29.0 Å². The Hall–Kier alpha value is -4.15. The molecule has 0 N–H and O–H groups in total. The molecular weight excluding hydrogens is 461 g/mol. The molecule has 0 saturated carbocycles. The maximum atomic E-state index is 13.9. The number of fused-ring (bicyclic) bond motifs is 1. The average Bonchev–Trinajstić information content (AvgIpc) is 3.50. The number of halogens is 3. The summed E-state index contributed by atoms with van der Waals surface area (Å²) >= 11 is 0. The number of aryl methyl sites for hydroxylation is 1. The van der Waals surface area contributed by atoms with Crippen LogP contribution < -0.4 is 4.74 Å². The Bertz CT molecular complexity index is 1410. The molecule has 0 radical (unpaired) electrons. The van der Waals surface area contributed by atoms with E-state index in [9.17, 15) is 18.0 Å². The van der Waals surface area contributed by atoms with Gasteiger partial charge in [0, 0.05) is 24.7 Å². The Kier molecular flexibility index (Phi) is 5.54. The summed E-state index contributed by atoms with van der Waals surface area (Å²) in [4.78, 5) is 16.8. The van der Waals surface area contributed by atoms with Gasteiger partial charge in [0.25, 0.3) is 5.91 Å². The standard InChI is InChI=1S/C24H21F3N6O2/c1-13-22-16(23(31(2)30-22)14-10-18(25)21(27)19(26)11-14)6-9-32(13)24(34)17-12-15(35-3)4-5-20(17)33-28-7-8-29-33/h4-5,7-8,10-13H,6,9H2,1-3H3/t13-/m0/s1. The van der Waals surface area contributed by atoms with Crippen molar-refractivity contribution in [2.75, 3.05) is 13.7 Å². The van der Waals surface area contributed by atoms with Gasteiger partial charge in [0.1, 0.15) is 5.75 Å². The fraction of sp³-hybridized carbons (Fsp3) is 0.250. The third-order valence-electron chi connectivity index (χ3n) is 6.23. The molecule has 8 nitrogen and oxygen atoms in total. The smallest absolute Gasteiger partial charge is 0.256 e. The van der Waals surface area contributed by atoms with Gasteiger partial charge >= 0.3 is 0 Å². The van der Waals surface area contributed by atoms with Crippen molar-refractivity contribution in [3.05, 3.63) is 77.0 Å². The van der Waals surface area contributed by atoms with E-state index in [1.54, 1.807) is 30.1 Å². The Balaban J connectivity index is 1.54. The van der Waals surface area contributed by atoms with E-state index in [2.05, 4.69) is 15.3 Å². The van der Waals surface area contributed by atoms with E-state index >= 15 is 0 Å². The summed E-state index contributed by atoms with van der Waals surface area (Å²) in [6, 6.07) is 6.54. The fourth-order valence-corrected chi connectivity index (χ4v) is 4.56. The molecule has 5 rings (SSSR count). The van der Waals surface area contributed by atoms with E-state index in [1.807, 2.05) is 6.92 Å². The van der Waals surface area contributed by atoms with Crippen molar-refractivity contribution < 1.29 is 22.7 Å². The molecule has 3 heterocycles. The second-order valence-electron chi connectivity index (χ2n) is 8.22. The molecule has 0 unspecified atom stereocenters. The van der Waals surface area contributed by atoms with Gasteiger partial charge < -0.3 is 9.64 Å². The monoisotopic (exact) mass is 482 g/mol. The van der Waals surface area contributed by atoms with Crippen LogP contribution in [-0.4, -0.2) is 49.2 Å². The molecule has 0 bridgehead atoms. The van der Waals surface area contributed by atoms with Crippen LogP contribution in [0.5, 0.6) is 5.75 Å². The van der Waals surface area contributed by atoms with Gasteiger partial charge in [0.2, 0.25) is 0 Å². The summed E-state index contributed by atoms with van der Waals surface area (Å²) in [7, 11) is 3.16.